The van der Waals surface area contributed by atoms with Gasteiger partial charge in [0.05, 0.1) is 34.4 Å². The highest BCUT2D eigenvalue weighted by molar-refractivity contribution is 7.47. The van der Waals surface area contributed by atoms with Crippen molar-refractivity contribution in [3.05, 3.63) is 36.5 Å². The molecule has 0 amide bonds. The molecule has 9 heteroatoms. The summed E-state index contributed by atoms with van der Waals surface area (Å²) in [4.78, 5) is 22.8. The first-order valence-corrected chi connectivity index (χ1v) is 22.2. The molecule has 0 fully saturated rings. The highest BCUT2D eigenvalue weighted by Gasteiger charge is 2.26. The van der Waals surface area contributed by atoms with Gasteiger partial charge < -0.3 is 18.9 Å². The number of quaternary nitrogens is 1. The minimum absolute atomic E-state index is 0.0834. The van der Waals surface area contributed by atoms with Crippen LogP contribution in [-0.4, -0.2) is 75.6 Å². The van der Waals surface area contributed by atoms with Gasteiger partial charge in [0, 0.05) is 13.0 Å². The van der Waals surface area contributed by atoms with Gasteiger partial charge in [-0.15, -0.1) is 0 Å². The number of hydrogen-bond acceptors (Lipinski definition) is 6. The van der Waals surface area contributed by atoms with E-state index in [0.29, 0.717) is 24.1 Å². The number of phosphoric ester groups is 1. The van der Waals surface area contributed by atoms with Crippen LogP contribution in [0.15, 0.2) is 36.5 Å². The minimum atomic E-state index is -4.28. The van der Waals surface area contributed by atoms with Crippen molar-refractivity contribution >= 4 is 13.8 Å². The van der Waals surface area contributed by atoms with Gasteiger partial charge in [0.25, 0.3) is 0 Å². The third kappa shape index (κ3) is 39.8. The number of rotatable bonds is 38. The van der Waals surface area contributed by atoms with Crippen LogP contribution in [0, 0.1) is 0 Å². The molecule has 0 heterocycles. The molecule has 0 rings (SSSR count). The molecule has 8 nitrogen and oxygen atoms in total. The second-order valence-electron chi connectivity index (χ2n) is 15.0. The maximum atomic E-state index is 12.6. The number of likely N-dealkylation sites (N-methyl/N-ethyl adjacent to an activating group) is 1. The molecule has 1 N–H and O–H groups in total. The molecule has 51 heavy (non-hydrogen) atoms. The Balaban J connectivity index is 4.28. The predicted octanol–water partition coefficient (Wildman–Crippen LogP) is 11.8. The molecule has 0 aromatic heterocycles. The standard InChI is InChI=1S/C42H80NO7P/c1-6-8-10-12-14-16-18-20-21-22-24-26-28-30-32-34-37-47-39-41(40-49-51(45,46)48-38-36-43(3,4)5)50-42(44)35-33-31-29-27-25-23-19-17-15-13-11-9-7-2/h9,11,15,17,23,25,41H,6-8,10,12-14,16,18-22,24,26-40H2,1-5H3/p+1/b11-9-,17-15-,25-23-. The van der Waals surface area contributed by atoms with Crippen LogP contribution in [0.3, 0.4) is 0 Å². The number of allylic oxidation sites excluding steroid dienone is 6. The predicted molar refractivity (Wildman–Crippen MR) is 215 cm³/mol. The molecule has 0 aliphatic rings. The van der Waals surface area contributed by atoms with Gasteiger partial charge in [-0.2, -0.15) is 0 Å². The highest BCUT2D eigenvalue weighted by Crippen LogP contribution is 2.43. The van der Waals surface area contributed by atoms with Crippen molar-refractivity contribution in [2.24, 2.45) is 0 Å². The van der Waals surface area contributed by atoms with E-state index in [1.54, 1.807) is 0 Å². The Labute approximate surface area is 315 Å². The van der Waals surface area contributed by atoms with Gasteiger partial charge in [0.2, 0.25) is 0 Å². The maximum Gasteiger partial charge on any atom is 0.472 e. The average molecular weight is 743 g/mol. The summed E-state index contributed by atoms with van der Waals surface area (Å²) in [6, 6.07) is 0. The fraction of sp³-hybridized carbons (Fsp3) is 0.833. The molecule has 2 atom stereocenters. The van der Waals surface area contributed by atoms with E-state index in [-0.39, 0.29) is 25.8 Å². The number of ether oxygens (including phenoxy) is 2. The number of carbonyl (C=O) groups excluding carboxylic acids is 1. The van der Waals surface area contributed by atoms with E-state index in [4.69, 9.17) is 18.5 Å². The number of carbonyl (C=O) groups is 1. The van der Waals surface area contributed by atoms with E-state index in [1.807, 2.05) is 21.1 Å². The fourth-order valence-corrected chi connectivity index (χ4v) is 6.25. The fourth-order valence-electron chi connectivity index (χ4n) is 5.51. The van der Waals surface area contributed by atoms with Crippen LogP contribution in [0.25, 0.3) is 0 Å². The number of hydrogen-bond donors (Lipinski definition) is 1. The smallest absolute Gasteiger partial charge is 0.457 e. The summed E-state index contributed by atoms with van der Waals surface area (Å²) in [7, 11) is 1.65. The van der Waals surface area contributed by atoms with Gasteiger partial charge >= 0.3 is 13.8 Å². The van der Waals surface area contributed by atoms with Crippen molar-refractivity contribution in [3.8, 4) is 0 Å². The quantitative estimate of drug-likeness (QED) is 0.0221. The van der Waals surface area contributed by atoms with Crippen LogP contribution >= 0.6 is 7.82 Å². The first-order valence-electron chi connectivity index (χ1n) is 20.7. The van der Waals surface area contributed by atoms with Crippen LogP contribution in [0.1, 0.15) is 168 Å². The number of phosphoric acid groups is 1. The van der Waals surface area contributed by atoms with Gasteiger partial charge in [-0.05, 0) is 44.9 Å². The molecule has 0 saturated heterocycles. The summed E-state index contributed by atoms with van der Waals surface area (Å²) in [6.07, 6.45) is 40.3. The molecule has 0 aliphatic heterocycles. The van der Waals surface area contributed by atoms with Gasteiger partial charge in [0.1, 0.15) is 19.3 Å². The second-order valence-corrected chi connectivity index (χ2v) is 16.4. The SMILES string of the molecule is CC/C=C\C/C=C\C/C=C\CCCCCC(=O)OC(COCCCCCCCCCCCCCCCCCC)COP(=O)(O)OCC[N+](C)(C)C. The molecule has 2 unspecified atom stereocenters. The molecule has 0 aromatic carbocycles. The molecule has 0 bridgehead atoms. The molecule has 0 saturated carbocycles. The maximum absolute atomic E-state index is 12.6. The van der Waals surface area contributed by atoms with Crippen molar-refractivity contribution in [1.29, 1.82) is 0 Å². The summed E-state index contributed by atoms with van der Waals surface area (Å²) in [6.45, 7) is 5.48. The van der Waals surface area contributed by atoms with Crippen LogP contribution in [0.4, 0.5) is 0 Å². The van der Waals surface area contributed by atoms with Crippen LogP contribution in [-0.2, 0) is 27.9 Å². The zero-order valence-corrected chi connectivity index (χ0v) is 34.7. The molecule has 300 valence electrons. The largest absolute Gasteiger partial charge is 0.472 e. The van der Waals surface area contributed by atoms with Crippen LogP contribution in [0.2, 0.25) is 0 Å². The Morgan fingerprint density at radius 3 is 1.69 bits per heavy atom. The van der Waals surface area contributed by atoms with Crippen molar-refractivity contribution in [2.75, 3.05) is 54.1 Å². The molecule has 0 aromatic rings. The van der Waals surface area contributed by atoms with E-state index in [9.17, 15) is 14.3 Å². The van der Waals surface area contributed by atoms with Gasteiger partial charge in [-0.1, -0.05) is 153 Å². The van der Waals surface area contributed by atoms with E-state index < -0.39 is 13.9 Å². The van der Waals surface area contributed by atoms with E-state index in [0.717, 1.165) is 57.8 Å². The summed E-state index contributed by atoms with van der Waals surface area (Å²) in [5, 5.41) is 0. The Kier molecular flexibility index (Phi) is 34.8. The second kappa shape index (κ2) is 35.7. The number of esters is 1. The van der Waals surface area contributed by atoms with Crippen molar-refractivity contribution in [3.63, 3.8) is 0 Å². The number of unbranched alkanes of at least 4 members (excludes halogenated alkanes) is 18. The van der Waals surface area contributed by atoms with Gasteiger partial charge in [0.15, 0.2) is 0 Å². The third-order valence-corrected chi connectivity index (χ3v) is 9.70. The molecule has 0 radical (unpaired) electrons. The van der Waals surface area contributed by atoms with E-state index >= 15 is 0 Å². The van der Waals surface area contributed by atoms with E-state index in [2.05, 4.69) is 50.3 Å². The van der Waals surface area contributed by atoms with Crippen LogP contribution in [0.5, 0.6) is 0 Å². The summed E-state index contributed by atoms with van der Waals surface area (Å²) in [5.41, 5.74) is 0. The average Bonchev–Trinajstić information content (AvgIpc) is 3.08. The minimum Gasteiger partial charge on any atom is -0.457 e. The summed E-state index contributed by atoms with van der Waals surface area (Å²) in [5.74, 6) is -0.342. The van der Waals surface area contributed by atoms with Crippen molar-refractivity contribution in [2.45, 2.75) is 174 Å². The Bertz CT molecular complexity index is 915. The van der Waals surface area contributed by atoms with Crippen LogP contribution < -0.4 is 0 Å². The lowest BCUT2D eigenvalue weighted by molar-refractivity contribution is -0.870. The zero-order valence-electron chi connectivity index (χ0n) is 33.8. The lowest BCUT2D eigenvalue weighted by atomic mass is 10.0. The van der Waals surface area contributed by atoms with Crippen molar-refractivity contribution in [1.82, 2.24) is 0 Å². The third-order valence-electron chi connectivity index (χ3n) is 8.72. The Morgan fingerprint density at radius 2 is 1.14 bits per heavy atom. The summed E-state index contributed by atoms with van der Waals surface area (Å²) < 4.78 is 34.9. The normalized spacial score (nSPS) is 14.2. The number of nitrogens with zero attached hydrogens (tertiary/aromatic N) is 1. The summed E-state index contributed by atoms with van der Waals surface area (Å²) >= 11 is 0. The molecule has 0 spiro atoms. The molecule has 0 aliphatic carbocycles. The van der Waals surface area contributed by atoms with Gasteiger partial charge in [-0.25, -0.2) is 4.57 Å². The molecular formula is C42H81NO7P+. The lowest BCUT2D eigenvalue weighted by Gasteiger charge is -2.24. The highest BCUT2D eigenvalue weighted by atomic mass is 31.2. The first-order chi connectivity index (χ1) is 24.6. The first kappa shape index (κ1) is 49.7. The topological polar surface area (TPSA) is 91.3 Å². The monoisotopic (exact) mass is 743 g/mol. The Morgan fingerprint density at radius 1 is 0.627 bits per heavy atom. The van der Waals surface area contributed by atoms with Gasteiger partial charge in [-0.3, -0.25) is 13.8 Å². The van der Waals surface area contributed by atoms with Crippen molar-refractivity contribution < 1.29 is 37.3 Å². The lowest BCUT2D eigenvalue weighted by Crippen LogP contribution is -2.37. The molecular weight excluding hydrogens is 661 g/mol. The zero-order chi connectivity index (χ0) is 37.7. The Hall–Kier alpha value is -1.28. The van der Waals surface area contributed by atoms with E-state index in [1.165, 1.54) is 89.9 Å².